The van der Waals surface area contributed by atoms with Gasteiger partial charge in [0.05, 0.1) is 0 Å². The SMILES string of the molecule is CC(=O)OC[C@H]1O[C@@H](OC(C)=O)[C@H](N=[N+]=[N-])[C@@H](OC(C)=O)[C@@H]1OC1O[C@H](COC(C)=O)[C@@H](OC(C)=O)[C@H](OC(C)=O)[C@H]1NC(=O)C(F)(F)F. The Morgan fingerprint density at radius 3 is 1.57 bits per heavy atom. The Balaban J connectivity index is 2.80. The smallest absolute Gasteiger partial charge is 0.463 e. The second-order valence-electron chi connectivity index (χ2n) is 10.3. The number of azide groups is 1. The van der Waals surface area contributed by atoms with Crippen LogP contribution in [-0.4, -0.2) is 122 Å². The molecule has 49 heavy (non-hydrogen) atoms. The molecule has 0 radical (unpaired) electrons. The molecule has 0 saturated carbocycles. The van der Waals surface area contributed by atoms with Gasteiger partial charge in [-0.15, -0.1) is 0 Å². The van der Waals surface area contributed by atoms with Crippen molar-refractivity contribution in [3.8, 4) is 0 Å². The molecule has 0 aromatic heterocycles. The third-order valence-corrected chi connectivity index (χ3v) is 6.38. The van der Waals surface area contributed by atoms with Gasteiger partial charge >= 0.3 is 47.9 Å². The Morgan fingerprint density at radius 2 is 1.12 bits per heavy atom. The topological polar surface area (TPSA) is 263 Å². The van der Waals surface area contributed by atoms with Gasteiger partial charge in [0.1, 0.15) is 49.7 Å². The predicted molar refractivity (Wildman–Crippen MR) is 145 cm³/mol. The van der Waals surface area contributed by atoms with Gasteiger partial charge in [0.2, 0.25) is 6.29 Å². The molecule has 0 aromatic carbocycles. The monoisotopic (exact) mass is 714 g/mol. The van der Waals surface area contributed by atoms with Crippen LogP contribution in [-0.2, 0) is 76.2 Å². The van der Waals surface area contributed by atoms with Crippen molar-refractivity contribution in [1.82, 2.24) is 5.32 Å². The molecule has 1 amide bonds. The van der Waals surface area contributed by atoms with Crippen LogP contribution in [0.3, 0.4) is 0 Å². The van der Waals surface area contributed by atoms with Crippen LogP contribution in [0.25, 0.3) is 10.4 Å². The molecule has 1 unspecified atom stereocenters. The minimum absolute atomic E-state index is 0.773. The Morgan fingerprint density at radius 1 is 0.673 bits per heavy atom. The highest BCUT2D eigenvalue weighted by Crippen LogP contribution is 2.35. The number of alkyl halides is 3. The number of nitrogens with one attached hydrogen (secondary N) is 1. The molecule has 0 aromatic rings. The molecule has 2 heterocycles. The average molecular weight is 715 g/mol. The molecule has 23 heteroatoms. The molecule has 0 aliphatic carbocycles. The molecule has 1 N–H and O–H groups in total. The maximum absolute atomic E-state index is 13.5. The number of hydrogen-bond acceptors (Lipinski definition) is 17. The second kappa shape index (κ2) is 17.6. The lowest BCUT2D eigenvalue weighted by Gasteiger charge is -2.48. The van der Waals surface area contributed by atoms with Crippen molar-refractivity contribution in [3.63, 3.8) is 0 Å². The number of halogens is 3. The van der Waals surface area contributed by atoms with E-state index in [1.807, 2.05) is 0 Å². The largest absolute Gasteiger partial charge is 0.471 e. The standard InChI is InChI=1S/C26H33F3N4O16/c1-9(34)41-7-15-19(43-11(3)36)21(44-12(4)37)17(31-25(40)26(27,28)29)23(47-15)49-20-16(8-42-10(2)35)48-24(46-14(6)39)18(32-33-30)22(20)45-13(5)38/h15-24H,7-8H2,1-6H3,(H,31,40)/t15-,16-,17-,18-,19-,20-,21-,22-,23?,24-/m1/s1. The summed E-state index contributed by atoms with van der Waals surface area (Å²) < 4.78 is 88.7. The number of carbonyl (C=O) groups is 7. The van der Waals surface area contributed by atoms with Gasteiger partial charge in [0.15, 0.2) is 18.5 Å². The zero-order valence-electron chi connectivity index (χ0n) is 26.7. The first-order valence-electron chi connectivity index (χ1n) is 14.1. The lowest BCUT2D eigenvalue weighted by molar-refractivity contribution is -0.329. The summed E-state index contributed by atoms with van der Waals surface area (Å²) in [6, 6.07) is -3.98. The van der Waals surface area contributed by atoms with Crippen LogP contribution in [0.2, 0.25) is 0 Å². The van der Waals surface area contributed by atoms with Crippen molar-refractivity contribution in [1.29, 1.82) is 0 Å². The van der Waals surface area contributed by atoms with Gasteiger partial charge in [-0.2, -0.15) is 13.2 Å². The fourth-order valence-electron chi connectivity index (χ4n) is 4.72. The minimum atomic E-state index is -5.55. The van der Waals surface area contributed by atoms with Crippen molar-refractivity contribution < 1.29 is 89.4 Å². The normalized spacial score (nSPS) is 29.6. The molecule has 274 valence electrons. The van der Waals surface area contributed by atoms with Crippen LogP contribution in [0, 0.1) is 0 Å². The zero-order valence-corrected chi connectivity index (χ0v) is 26.7. The molecule has 20 nitrogen and oxygen atoms in total. The Labute approximate surface area is 274 Å². The molecular weight excluding hydrogens is 681 g/mol. The van der Waals surface area contributed by atoms with E-state index in [4.69, 9.17) is 42.6 Å². The second-order valence-corrected chi connectivity index (χ2v) is 10.3. The lowest BCUT2D eigenvalue weighted by Crippen LogP contribution is -2.70. The zero-order chi connectivity index (χ0) is 37.2. The molecular formula is C26H33F3N4O16. The number of rotatable bonds is 12. The first-order valence-corrected chi connectivity index (χ1v) is 14.1. The van der Waals surface area contributed by atoms with Crippen molar-refractivity contribution in [2.45, 2.75) is 109 Å². The molecule has 2 aliphatic heterocycles. The lowest BCUT2D eigenvalue weighted by atomic mass is 9.94. The maximum atomic E-state index is 13.5. The van der Waals surface area contributed by atoms with Gasteiger partial charge in [-0.05, 0) is 5.53 Å². The third kappa shape index (κ3) is 12.0. The van der Waals surface area contributed by atoms with Gasteiger partial charge in [0.25, 0.3) is 0 Å². The number of ether oxygens (including phenoxy) is 9. The van der Waals surface area contributed by atoms with E-state index in [9.17, 15) is 52.3 Å². The van der Waals surface area contributed by atoms with Crippen LogP contribution in [0.1, 0.15) is 41.5 Å². The highest BCUT2D eigenvalue weighted by molar-refractivity contribution is 5.82. The van der Waals surface area contributed by atoms with E-state index in [1.165, 1.54) is 0 Å². The van der Waals surface area contributed by atoms with E-state index in [2.05, 4.69) is 10.0 Å². The van der Waals surface area contributed by atoms with E-state index in [-0.39, 0.29) is 0 Å². The average Bonchev–Trinajstić information content (AvgIpc) is 2.95. The summed E-state index contributed by atoms with van der Waals surface area (Å²) in [5.41, 5.74) is 9.25. The van der Waals surface area contributed by atoms with Gasteiger partial charge in [0, 0.05) is 46.5 Å². The van der Waals surface area contributed by atoms with E-state index in [0.717, 1.165) is 41.5 Å². The first kappa shape index (κ1) is 40.4. The van der Waals surface area contributed by atoms with Gasteiger partial charge < -0.3 is 47.9 Å². The van der Waals surface area contributed by atoms with E-state index >= 15 is 0 Å². The fourth-order valence-corrected chi connectivity index (χ4v) is 4.72. The number of nitrogens with zero attached hydrogens (tertiary/aromatic N) is 3. The van der Waals surface area contributed by atoms with Crippen LogP contribution < -0.4 is 5.32 Å². The van der Waals surface area contributed by atoms with E-state index in [1.54, 1.807) is 5.32 Å². The number of amides is 1. The summed E-state index contributed by atoms with van der Waals surface area (Å²) >= 11 is 0. The van der Waals surface area contributed by atoms with Crippen LogP contribution in [0.4, 0.5) is 13.2 Å². The Kier molecular flexibility index (Phi) is 14.5. The summed E-state index contributed by atoms with van der Waals surface area (Å²) in [5, 5.41) is 5.02. The van der Waals surface area contributed by atoms with Gasteiger partial charge in [-0.1, -0.05) is 5.11 Å². The highest BCUT2D eigenvalue weighted by Gasteiger charge is 2.57. The van der Waals surface area contributed by atoms with E-state index in [0.29, 0.717) is 0 Å². The number of esters is 6. The van der Waals surface area contributed by atoms with E-state index < -0.39 is 122 Å². The summed E-state index contributed by atoms with van der Waals surface area (Å²) in [5.74, 6) is -8.65. The molecule has 2 saturated heterocycles. The molecule has 0 bridgehead atoms. The predicted octanol–water partition coefficient (Wildman–Crippen LogP) is 0.0318. The number of hydrogen-bond donors (Lipinski definition) is 1. The van der Waals surface area contributed by atoms with Crippen molar-refractivity contribution >= 4 is 41.7 Å². The fraction of sp³-hybridized carbons (Fsp3) is 0.731. The minimum Gasteiger partial charge on any atom is -0.463 e. The van der Waals surface area contributed by atoms with Crippen LogP contribution in [0.15, 0.2) is 5.11 Å². The van der Waals surface area contributed by atoms with Crippen molar-refractivity contribution in [3.05, 3.63) is 10.4 Å². The molecule has 2 rings (SSSR count). The van der Waals surface area contributed by atoms with Gasteiger partial charge in [-0.25, -0.2) is 0 Å². The summed E-state index contributed by atoms with van der Waals surface area (Å²) in [7, 11) is 0. The summed E-state index contributed by atoms with van der Waals surface area (Å²) in [6.45, 7) is 3.98. The Hall–Kier alpha value is -4.73. The quantitative estimate of drug-likeness (QED) is 0.0919. The summed E-state index contributed by atoms with van der Waals surface area (Å²) in [6.07, 6.45) is -20.5. The third-order valence-electron chi connectivity index (χ3n) is 6.38. The summed E-state index contributed by atoms with van der Waals surface area (Å²) in [4.78, 5) is 86.5. The molecule has 2 aliphatic rings. The van der Waals surface area contributed by atoms with Crippen molar-refractivity contribution in [2.24, 2.45) is 5.11 Å². The molecule has 0 spiro atoms. The highest BCUT2D eigenvalue weighted by atomic mass is 19.4. The maximum Gasteiger partial charge on any atom is 0.471 e. The molecule has 2 fully saturated rings. The van der Waals surface area contributed by atoms with Crippen LogP contribution >= 0.6 is 0 Å². The van der Waals surface area contributed by atoms with Crippen molar-refractivity contribution in [2.75, 3.05) is 13.2 Å². The van der Waals surface area contributed by atoms with Crippen LogP contribution in [0.5, 0.6) is 0 Å². The first-order chi connectivity index (χ1) is 22.7. The molecule has 10 atom stereocenters. The van der Waals surface area contributed by atoms with Gasteiger partial charge in [-0.3, -0.25) is 33.6 Å². The number of carbonyl (C=O) groups excluding carboxylic acids is 7. The Bertz CT molecular complexity index is 1330.